The van der Waals surface area contributed by atoms with Crippen LogP contribution in [0.15, 0.2) is 0 Å². The molecule has 12 heavy (non-hydrogen) atoms. The van der Waals surface area contributed by atoms with Crippen molar-refractivity contribution in [1.29, 1.82) is 0 Å². The third-order valence-electron chi connectivity index (χ3n) is 3.14. The summed E-state index contributed by atoms with van der Waals surface area (Å²) in [6.45, 7) is 2.30. The number of rotatable bonds is 3. The summed E-state index contributed by atoms with van der Waals surface area (Å²) < 4.78 is 0. The lowest BCUT2D eigenvalue weighted by Crippen LogP contribution is -2.26. The first-order valence-corrected chi connectivity index (χ1v) is 5.54. The Bertz CT molecular complexity index is 112. The highest BCUT2D eigenvalue weighted by atomic mass is 14.9. The Morgan fingerprint density at radius 3 is 2.67 bits per heavy atom. The van der Waals surface area contributed by atoms with E-state index < -0.39 is 0 Å². The first kappa shape index (κ1) is 10.0. The first-order chi connectivity index (χ1) is 5.86. The largest absolute Gasteiger partial charge is 0.317 e. The van der Waals surface area contributed by atoms with Gasteiger partial charge < -0.3 is 5.32 Å². The van der Waals surface area contributed by atoms with E-state index in [0.717, 1.165) is 12.0 Å². The molecule has 1 N–H and O–H groups in total. The molecular formula is C11H23N. The van der Waals surface area contributed by atoms with Gasteiger partial charge in [0.05, 0.1) is 0 Å². The molecular weight excluding hydrogens is 146 g/mol. The third kappa shape index (κ3) is 3.14. The zero-order valence-electron chi connectivity index (χ0n) is 8.60. The molecule has 72 valence electrons. The number of hydrogen-bond acceptors (Lipinski definition) is 1. The van der Waals surface area contributed by atoms with E-state index in [0.29, 0.717) is 0 Å². The van der Waals surface area contributed by atoms with E-state index in [1.165, 1.54) is 44.9 Å². The van der Waals surface area contributed by atoms with Gasteiger partial charge in [0.25, 0.3) is 0 Å². The highest BCUT2D eigenvalue weighted by molar-refractivity contribution is 4.74. The van der Waals surface area contributed by atoms with Crippen LogP contribution in [0.2, 0.25) is 0 Å². The van der Waals surface area contributed by atoms with Crippen LogP contribution in [-0.4, -0.2) is 13.1 Å². The smallest absolute Gasteiger partial charge is 0.00667 e. The van der Waals surface area contributed by atoms with Gasteiger partial charge >= 0.3 is 0 Å². The van der Waals surface area contributed by atoms with E-state index in [-0.39, 0.29) is 0 Å². The van der Waals surface area contributed by atoms with Crippen molar-refractivity contribution in [1.82, 2.24) is 5.32 Å². The van der Waals surface area contributed by atoms with Crippen molar-refractivity contribution in [2.75, 3.05) is 7.05 Å². The summed E-state index contributed by atoms with van der Waals surface area (Å²) in [6, 6.07) is 0.809. The molecule has 0 aliphatic heterocycles. The molecule has 0 amide bonds. The number of hydrogen-bond donors (Lipinski definition) is 1. The van der Waals surface area contributed by atoms with Crippen LogP contribution in [0.1, 0.15) is 51.9 Å². The fourth-order valence-electron chi connectivity index (χ4n) is 2.39. The Morgan fingerprint density at radius 1 is 1.25 bits per heavy atom. The van der Waals surface area contributed by atoms with E-state index >= 15 is 0 Å². The minimum Gasteiger partial charge on any atom is -0.317 e. The maximum absolute atomic E-state index is 3.43. The van der Waals surface area contributed by atoms with Gasteiger partial charge in [-0.05, 0) is 25.8 Å². The predicted octanol–water partition coefficient (Wildman–Crippen LogP) is 2.95. The molecule has 0 heterocycles. The van der Waals surface area contributed by atoms with Crippen LogP contribution in [0.25, 0.3) is 0 Å². The van der Waals surface area contributed by atoms with E-state index in [1.807, 2.05) is 0 Å². The van der Waals surface area contributed by atoms with Crippen molar-refractivity contribution < 1.29 is 0 Å². The SMILES string of the molecule is CCCC1CCCCC(NC)C1. The molecule has 2 unspecified atom stereocenters. The summed E-state index contributed by atoms with van der Waals surface area (Å²) >= 11 is 0. The molecule has 0 aromatic rings. The minimum absolute atomic E-state index is 0.809. The molecule has 0 radical (unpaired) electrons. The molecule has 0 saturated heterocycles. The fraction of sp³-hybridized carbons (Fsp3) is 1.00. The Kier molecular flexibility index (Phi) is 4.67. The maximum Gasteiger partial charge on any atom is 0.00667 e. The molecule has 0 aromatic carbocycles. The van der Waals surface area contributed by atoms with Gasteiger partial charge in [0.15, 0.2) is 0 Å². The van der Waals surface area contributed by atoms with Crippen LogP contribution in [0, 0.1) is 5.92 Å². The normalized spacial score (nSPS) is 31.5. The Morgan fingerprint density at radius 2 is 2.00 bits per heavy atom. The molecule has 1 nitrogen and oxygen atoms in total. The van der Waals surface area contributed by atoms with E-state index in [9.17, 15) is 0 Å². The average molecular weight is 169 g/mol. The minimum atomic E-state index is 0.809. The first-order valence-electron chi connectivity index (χ1n) is 5.54. The van der Waals surface area contributed by atoms with Gasteiger partial charge in [-0.1, -0.05) is 39.0 Å². The lowest BCUT2D eigenvalue weighted by atomic mass is 9.94. The van der Waals surface area contributed by atoms with Crippen LogP contribution in [0.4, 0.5) is 0 Å². The van der Waals surface area contributed by atoms with Crippen molar-refractivity contribution in [2.24, 2.45) is 5.92 Å². The maximum atomic E-state index is 3.43. The summed E-state index contributed by atoms with van der Waals surface area (Å²) in [5, 5.41) is 3.43. The predicted molar refractivity (Wildman–Crippen MR) is 54.3 cm³/mol. The molecule has 1 aliphatic carbocycles. The molecule has 0 spiro atoms. The van der Waals surface area contributed by atoms with E-state index in [4.69, 9.17) is 0 Å². The van der Waals surface area contributed by atoms with Gasteiger partial charge in [-0.2, -0.15) is 0 Å². The summed E-state index contributed by atoms with van der Waals surface area (Å²) in [4.78, 5) is 0. The standard InChI is InChI=1S/C11H23N/c1-3-6-10-7-4-5-8-11(9-10)12-2/h10-12H,3-9H2,1-2H3. The second kappa shape index (κ2) is 5.58. The van der Waals surface area contributed by atoms with Crippen LogP contribution < -0.4 is 5.32 Å². The lowest BCUT2D eigenvalue weighted by molar-refractivity contribution is 0.378. The molecule has 1 fully saturated rings. The van der Waals surface area contributed by atoms with Gasteiger partial charge in [-0.25, -0.2) is 0 Å². The number of nitrogens with one attached hydrogen (secondary N) is 1. The Balaban J connectivity index is 2.31. The highest BCUT2D eigenvalue weighted by Crippen LogP contribution is 2.26. The van der Waals surface area contributed by atoms with Gasteiger partial charge in [-0.15, -0.1) is 0 Å². The molecule has 1 saturated carbocycles. The lowest BCUT2D eigenvalue weighted by Gasteiger charge is -2.18. The highest BCUT2D eigenvalue weighted by Gasteiger charge is 2.17. The van der Waals surface area contributed by atoms with Crippen molar-refractivity contribution in [3.63, 3.8) is 0 Å². The van der Waals surface area contributed by atoms with Crippen LogP contribution in [0.3, 0.4) is 0 Å². The van der Waals surface area contributed by atoms with Crippen molar-refractivity contribution in [3.8, 4) is 0 Å². The van der Waals surface area contributed by atoms with Crippen LogP contribution in [-0.2, 0) is 0 Å². The topological polar surface area (TPSA) is 12.0 Å². The molecule has 1 heteroatoms. The average Bonchev–Trinajstić information content (AvgIpc) is 2.30. The van der Waals surface area contributed by atoms with Gasteiger partial charge in [-0.3, -0.25) is 0 Å². The molecule has 1 rings (SSSR count). The van der Waals surface area contributed by atoms with Gasteiger partial charge in [0.1, 0.15) is 0 Å². The second-order valence-electron chi connectivity index (χ2n) is 4.16. The van der Waals surface area contributed by atoms with Crippen LogP contribution >= 0.6 is 0 Å². The van der Waals surface area contributed by atoms with E-state index in [1.54, 1.807) is 0 Å². The van der Waals surface area contributed by atoms with E-state index in [2.05, 4.69) is 19.3 Å². The van der Waals surface area contributed by atoms with Crippen molar-refractivity contribution in [2.45, 2.75) is 57.9 Å². The van der Waals surface area contributed by atoms with Crippen molar-refractivity contribution in [3.05, 3.63) is 0 Å². The molecule has 0 bridgehead atoms. The summed E-state index contributed by atoms with van der Waals surface area (Å²) in [6.07, 6.45) is 10.0. The molecule has 2 atom stereocenters. The summed E-state index contributed by atoms with van der Waals surface area (Å²) in [7, 11) is 2.11. The quantitative estimate of drug-likeness (QED) is 0.640. The molecule has 1 aliphatic rings. The zero-order chi connectivity index (χ0) is 8.81. The fourth-order valence-corrected chi connectivity index (χ4v) is 2.39. The molecule has 0 aromatic heterocycles. The third-order valence-corrected chi connectivity index (χ3v) is 3.14. The summed E-state index contributed by atoms with van der Waals surface area (Å²) in [5.74, 6) is 1.01. The van der Waals surface area contributed by atoms with Crippen molar-refractivity contribution >= 4 is 0 Å². The monoisotopic (exact) mass is 169 g/mol. The summed E-state index contributed by atoms with van der Waals surface area (Å²) in [5.41, 5.74) is 0. The van der Waals surface area contributed by atoms with Gasteiger partial charge in [0.2, 0.25) is 0 Å². The van der Waals surface area contributed by atoms with Gasteiger partial charge in [0, 0.05) is 6.04 Å². The zero-order valence-corrected chi connectivity index (χ0v) is 8.60. The van der Waals surface area contributed by atoms with Crippen LogP contribution in [0.5, 0.6) is 0 Å². The Hall–Kier alpha value is -0.0400. The Labute approximate surface area is 76.9 Å². The second-order valence-corrected chi connectivity index (χ2v) is 4.16.